The van der Waals surface area contributed by atoms with E-state index < -0.39 is 10.0 Å². The van der Waals surface area contributed by atoms with Gasteiger partial charge in [0.1, 0.15) is 5.52 Å². The van der Waals surface area contributed by atoms with Gasteiger partial charge < -0.3 is 19.9 Å². The van der Waals surface area contributed by atoms with Gasteiger partial charge in [0, 0.05) is 55.7 Å². The van der Waals surface area contributed by atoms with Crippen molar-refractivity contribution in [1.82, 2.24) is 34.2 Å². The molecule has 1 amide bonds. The minimum Gasteiger partial charge on any atom is -0.371 e. The molecule has 1 saturated carbocycles. The molecule has 6 rings (SSSR count). The Balaban J connectivity index is 1.24. The minimum atomic E-state index is -3.40. The Morgan fingerprint density at radius 2 is 1.79 bits per heavy atom. The van der Waals surface area contributed by atoms with Gasteiger partial charge in [-0.25, -0.2) is 18.1 Å². The number of benzene rings is 1. The number of aryl methyl sites for hydroxylation is 2. The smallest absolute Gasteiger partial charge is 0.259 e. The molecule has 13 heteroatoms. The summed E-state index contributed by atoms with van der Waals surface area (Å²) in [6, 6.07) is 5.14. The van der Waals surface area contributed by atoms with Crippen molar-refractivity contribution in [3.8, 4) is 0 Å². The van der Waals surface area contributed by atoms with Crippen LogP contribution in [-0.2, 0) is 23.6 Å². The van der Waals surface area contributed by atoms with Crippen LogP contribution in [-0.4, -0.2) is 69.9 Å². The average molecular weight is 552 g/mol. The standard InChI is InChI=1S/C26H33N9O3S/c1-16-13-35-15-23(30-25(35)21(28-16)12-27-39(3,37)38)31-26(36)19-6-7-22(20-14-33(2)32-24(19)20)34-10-8-18(9-11-34)29-17-4-5-17/h6-7,13-15,17-18,27,29H,4-5,8-12H2,1-3H3,(H,31,36). The minimum absolute atomic E-state index is 0.00166. The molecule has 3 N–H and O–H groups in total. The molecule has 1 aliphatic heterocycles. The van der Waals surface area contributed by atoms with E-state index in [0.717, 1.165) is 43.3 Å². The van der Waals surface area contributed by atoms with Gasteiger partial charge in [-0.05, 0) is 44.7 Å². The first-order valence-electron chi connectivity index (χ1n) is 13.2. The molecular formula is C26H33N9O3S. The van der Waals surface area contributed by atoms with E-state index in [0.29, 0.717) is 46.0 Å². The van der Waals surface area contributed by atoms with Crippen LogP contribution in [0.15, 0.2) is 30.7 Å². The third kappa shape index (κ3) is 5.60. The fourth-order valence-electron chi connectivity index (χ4n) is 5.30. The Bertz CT molecular complexity index is 1660. The summed E-state index contributed by atoms with van der Waals surface area (Å²) in [5.74, 6) is 0.0212. The van der Waals surface area contributed by atoms with Crippen molar-refractivity contribution in [3.63, 3.8) is 0 Å². The zero-order valence-corrected chi connectivity index (χ0v) is 23.1. The third-order valence-corrected chi connectivity index (χ3v) is 7.94. The van der Waals surface area contributed by atoms with Crippen molar-refractivity contribution in [3.05, 3.63) is 47.7 Å². The maximum Gasteiger partial charge on any atom is 0.259 e. The SMILES string of the molecule is Cc1cn2cc(NC(=O)c3ccc(N4CCC(NC5CC5)CC4)c4cn(C)nc34)nc2c(CNS(C)(=O)=O)n1. The number of anilines is 2. The second kappa shape index (κ2) is 9.88. The van der Waals surface area contributed by atoms with Gasteiger partial charge in [-0.3, -0.25) is 14.5 Å². The highest BCUT2D eigenvalue weighted by Crippen LogP contribution is 2.32. The Labute approximate surface area is 226 Å². The van der Waals surface area contributed by atoms with Crippen molar-refractivity contribution in [2.45, 2.75) is 51.2 Å². The lowest BCUT2D eigenvalue weighted by atomic mass is 10.0. The van der Waals surface area contributed by atoms with Crippen LogP contribution in [0.25, 0.3) is 16.6 Å². The first-order chi connectivity index (χ1) is 18.6. The molecule has 1 aromatic carbocycles. The first kappa shape index (κ1) is 25.7. The maximum absolute atomic E-state index is 13.4. The lowest BCUT2D eigenvalue weighted by Gasteiger charge is -2.34. The number of hydrogen-bond acceptors (Lipinski definition) is 8. The van der Waals surface area contributed by atoms with Gasteiger partial charge in [0.25, 0.3) is 5.91 Å². The van der Waals surface area contributed by atoms with Crippen molar-refractivity contribution >= 4 is 44.0 Å². The van der Waals surface area contributed by atoms with E-state index in [-0.39, 0.29) is 12.5 Å². The van der Waals surface area contributed by atoms with Crippen molar-refractivity contribution in [1.29, 1.82) is 0 Å². The second-order valence-electron chi connectivity index (χ2n) is 10.6. The number of piperidine rings is 1. The highest BCUT2D eigenvalue weighted by atomic mass is 32.2. The predicted molar refractivity (Wildman–Crippen MR) is 149 cm³/mol. The molecule has 3 aromatic heterocycles. The molecule has 0 unspecified atom stereocenters. The summed E-state index contributed by atoms with van der Waals surface area (Å²) in [4.78, 5) is 24.8. The van der Waals surface area contributed by atoms with E-state index in [1.807, 2.05) is 32.3 Å². The lowest BCUT2D eigenvalue weighted by molar-refractivity contribution is 0.102. The molecule has 4 heterocycles. The molecule has 2 aliphatic rings. The van der Waals surface area contributed by atoms with E-state index in [4.69, 9.17) is 0 Å². The van der Waals surface area contributed by atoms with Crippen LogP contribution in [0.3, 0.4) is 0 Å². The summed E-state index contributed by atoms with van der Waals surface area (Å²) in [6.07, 6.45) is 11.3. The molecule has 0 atom stereocenters. The Morgan fingerprint density at radius 1 is 1.05 bits per heavy atom. The molecule has 1 aliphatic carbocycles. The van der Waals surface area contributed by atoms with E-state index in [1.165, 1.54) is 12.8 Å². The number of rotatable bonds is 8. The third-order valence-electron chi connectivity index (χ3n) is 7.27. The zero-order chi connectivity index (χ0) is 27.3. The van der Waals surface area contributed by atoms with Crippen molar-refractivity contribution < 1.29 is 13.2 Å². The van der Waals surface area contributed by atoms with Crippen molar-refractivity contribution in [2.75, 3.05) is 29.6 Å². The van der Waals surface area contributed by atoms with Crippen LogP contribution >= 0.6 is 0 Å². The fraction of sp³-hybridized carbons (Fsp3) is 0.462. The molecule has 0 spiro atoms. The summed E-state index contributed by atoms with van der Waals surface area (Å²) in [5, 5.41) is 12.2. The molecule has 4 aromatic rings. The number of aromatic nitrogens is 5. The number of carbonyl (C=O) groups is 1. The molecular weight excluding hydrogens is 518 g/mol. The molecule has 206 valence electrons. The van der Waals surface area contributed by atoms with E-state index in [9.17, 15) is 13.2 Å². The number of fused-ring (bicyclic) bond motifs is 2. The maximum atomic E-state index is 13.4. The van der Waals surface area contributed by atoms with Crippen LogP contribution in [0.4, 0.5) is 11.5 Å². The van der Waals surface area contributed by atoms with Gasteiger partial charge in [-0.2, -0.15) is 5.10 Å². The number of imidazole rings is 1. The molecule has 39 heavy (non-hydrogen) atoms. The monoisotopic (exact) mass is 551 g/mol. The average Bonchev–Trinajstić information content (AvgIpc) is 3.46. The highest BCUT2D eigenvalue weighted by molar-refractivity contribution is 7.88. The lowest BCUT2D eigenvalue weighted by Crippen LogP contribution is -2.43. The molecule has 1 saturated heterocycles. The fourth-order valence-corrected chi connectivity index (χ4v) is 5.69. The van der Waals surface area contributed by atoms with Gasteiger partial charge in [-0.15, -0.1) is 0 Å². The Kier molecular flexibility index (Phi) is 6.52. The van der Waals surface area contributed by atoms with E-state index >= 15 is 0 Å². The normalized spacial score (nSPS) is 16.8. The Morgan fingerprint density at radius 3 is 2.51 bits per heavy atom. The number of sulfonamides is 1. The van der Waals surface area contributed by atoms with E-state index in [1.54, 1.807) is 21.5 Å². The van der Waals surface area contributed by atoms with Gasteiger partial charge in [-0.1, -0.05) is 0 Å². The number of amides is 1. The first-order valence-corrected chi connectivity index (χ1v) is 15.1. The highest BCUT2D eigenvalue weighted by Gasteiger charge is 2.28. The van der Waals surface area contributed by atoms with Gasteiger partial charge in [0.2, 0.25) is 10.0 Å². The van der Waals surface area contributed by atoms with Crippen LogP contribution in [0.1, 0.15) is 47.4 Å². The largest absolute Gasteiger partial charge is 0.371 e. The summed E-state index contributed by atoms with van der Waals surface area (Å²) in [6.45, 7) is 3.74. The molecule has 12 nitrogen and oxygen atoms in total. The van der Waals surface area contributed by atoms with Gasteiger partial charge >= 0.3 is 0 Å². The Hall–Kier alpha value is -3.55. The number of nitrogens with zero attached hydrogens (tertiary/aromatic N) is 6. The molecule has 0 bridgehead atoms. The molecule has 2 fully saturated rings. The van der Waals surface area contributed by atoms with Crippen LogP contribution < -0.4 is 20.3 Å². The van der Waals surface area contributed by atoms with Crippen LogP contribution in [0.2, 0.25) is 0 Å². The predicted octanol–water partition coefficient (Wildman–Crippen LogP) is 1.95. The number of hydrogen-bond donors (Lipinski definition) is 3. The number of nitrogens with one attached hydrogen (secondary N) is 3. The topological polar surface area (TPSA) is 139 Å². The van der Waals surface area contributed by atoms with Gasteiger partial charge in [0.15, 0.2) is 11.5 Å². The summed E-state index contributed by atoms with van der Waals surface area (Å²) >= 11 is 0. The zero-order valence-electron chi connectivity index (χ0n) is 22.3. The van der Waals surface area contributed by atoms with Gasteiger partial charge in [0.05, 0.1) is 35.9 Å². The quantitative estimate of drug-likeness (QED) is 0.302. The van der Waals surface area contributed by atoms with Crippen LogP contribution in [0.5, 0.6) is 0 Å². The molecule has 0 radical (unpaired) electrons. The van der Waals surface area contributed by atoms with E-state index in [2.05, 4.69) is 35.3 Å². The second-order valence-corrected chi connectivity index (χ2v) is 12.5. The number of carbonyl (C=O) groups excluding carboxylic acids is 1. The van der Waals surface area contributed by atoms with Crippen LogP contribution in [0, 0.1) is 6.92 Å². The summed E-state index contributed by atoms with van der Waals surface area (Å²) in [5.41, 5.74) is 3.83. The summed E-state index contributed by atoms with van der Waals surface area (Å²) in [7, 11) is -1.54. The summed E-state index contributed by atoms with van der Waals surface area (Å²) < 4.78 is 29.1. The van der Waals surface area contributed by atoms with Crippen molar-refractivity contribution in [2.24, 2.45) is 7.05 Å².